The van der Waals surface area contributed by atoms with Crippen molar-refractivity contribution in [3.8, 4) is 0 Å². The fraction of sp³-hybridized carbons (Fsp3) is 0.412. The Kier molecular flexibility index (Phi) is 4.86. The van der Waals surface area contributed by atoms with Crippen LogP contribution in [0, 0.1) is 0 Å². The molecule has 0 radical (unpaired) electrons. The van der Waals surface area contributed by atoms with Gasteiger partial charge in [-0.1, -0.05) is 23.7 Å². The van der Waals surface area contributed by atoms with Crippen LogP contribution in [-0.2, 0) is 6.42 Å². The number of amides is 2. The lowest BCUT2D eigenvalue weighted by molar-refractivity contribution is 0.204. The molecular weight excluding hydrogens is 314 g/mol. The second-order valence-corrected chi connectivity index (χ2v) is 6.19. The van der Waals surface area contributed by atoms with Crippen LogP contribution in [0.1, 0.15) is 43.7 Å². The van der Waals surface area contributed by atoms with Gasteiger partial charge in [0.05, 0.1) is 6.04 Å². The lowest BCUT2D eigenvalue weighted by Gasteiger charge is -2.23. The van der Waals surface area contributed by atoms with Gasteiger partial charge in [0.15, 0.2) is 0 Å². The van der Waals surface area contributed by atoms with Crippen LogP contribution < -0.4 is 5.32 Å². The summed E-state index contributed by atoms with van der Waals surface area (Å²) >= 11 is 5.86. The Morgan fingerprint density at radius 3 is 2.96 bits per heavy atom. The van der Waals surface area contributed by atoms with E-state index < -0.39 is 0 Å². The quantitative estimate of drug-likeness (QED) is 0.886. The standard InChI is InChI=1S/C17H20ClN3O2/c1-2-4-14-11-15(20-23-14)16-5-3-10-21(16)17(22)19-13-8-6-12(18)7-9-13/h6-9,11,16H,2-5,10H2,1H3,(H,19,22)/t16-/m1/s1. The molecule has 1 aliphatic heterocycles. The molecule has 1 fully saturated rings. The number of anilines is 1. The van der Waals surface area contributed by atoms with Crippen LogP contribution in [0.4, 0.5) is 10.5 Å². The predicted octanol–water partition coefficient (Wildman–Crippen LogP) is 4.65. The second kappa shape index (κ2) is 7.04. The number of aryl methyl sites for hydroxylation is 1. The average Bonchev–Trinajstić information content (AvgIpc) is 3.18. The first kappa shape index (κ1) is 15.9. The van der Waals surface area contributed by atoms with Crippen molar-refractivity contribution in [3.63, 3.8) is 0 Å². The zero-order valence-corrected chi connectivity index (χ0v) is 13.8. The van der Waals surface area contributed by atoms with Crippen molar-refractivity contribution in [2.24, 2.45) is 0 Å². The summed E-state index contributed by atoms with van der Waals surface area (Å²) in [5.41, 5.74) is 1.58. The van der Waals surface area contributed by atoms with Gasteiger partial charge in [-0.15, -0.1) is 0 Å². The summed E-state index contributed by atoms with van der Waals surface area (Å²) in [6.45, 7) is 2.82. The van der Waals surface area contributed by atoms with Crippen molar-refractivity contribution < 1.29 is 9.32 Å². The van der Waals surface area contributed by atoms with E-state index in [2.05, 4.69) is 17.4 Å². The first-order chi connectivity index (χ1) is 11.2. The molecule has 1 saturated heterocycles. The van der Waals surface area contributed by atoms with Gasteiger partial charge in [0.1, 0.15) is 11.5 Å². The molecule has 23 heavy (non-hydrogen) atoms. The highest BCUT2D eigenvalue weighted by Crippen LogP contribution is 2.32. The Balaban J connectivity index is 1.70. The molecule has 0 saturated carbocycles. The SMILES string of the molecule is CCCc1cc([C@H]2CCCN2C(=O)Nc2ccc(Cl)cc2)no1. The van der Waals surface area contributed by atoms with Crippen LogP contribution in [0.2, 0.25) is 5.02 Å². The Morgan fingerprint density at radius 2 is 2.22 bits per heavy atom. The van der Waals surface area contributed by atoms with Gasteiger partial charge in [-0.2, -0.15) is 0 Å². The van der Waals surface area contributed by atoms with Crippen molar-refractivity contribution in [1.82, 2.24) is 10.1 Å². The van der Waals surface area contributed by atoms with Crippen molar-refractivity contribution >= 4 is 23.3 Å². The second-order valence-electron chi connectivity index (χ2n) is 5.76. The number of benzene rings is 1. The molecule has 1 aliphatic rings. The molecule has 1 N–H and O–H groups in total. The normalized spacial score (nSPS) is 17.5. The van der Waals surface area contributed by atoms with E-state index in [0.717, 1.165) is 49.4 Å². The molecule has 122 valence electrons. The number of hydrogen-bond acceptors (Lipinski definition) is 3. The minimum absolute atomic E-state index is 0.0170. The molecule has 0 unspecified atom stereocenters. The van der Waals surface area contributed by atoms with E-state index in [1.54, 1.807) is 24.3 Å². The minimum Gasteiger partial charge on any atom is -0.361 e. The van der Waals surface area contributed by atoms with Gasteiger partial charge in [0.2, 0.25) is 0 Å². The lowest BCUT2D eigenvalue weighted by Crippen LogP contribution is -2.34. The molecule has 3 rings (SSSR count). The number of carbonyl (C=O) groups is 1. The summed E-state index contributed by atoms with van der Waals surface area (Å²) in [5, 5.41) is 7.71. The van der Waals surface area contributed by atoms with Crippen LogP contribution in [0.15, 0.2) is 34.9 Å². The number of rotatable bonds is 4. The maximum absolute atomic E-state index is 12.5. The molecular formula is C17H20ClN3O2. The van der Waals surface area contributed by atoms with E-state index in [0.29, 0.717) is 5.02 Å². The molecule has 1 aromatic heterocycles. The van der Waals surface area contributed by atoms with Crippen molar-refractivity contribution in [2.45, 2.75) is 38.6 Å². The predicted molar refractivity (Wildman–Crippen MR) is 89.6 cm³/mol. The molecule has 0 bridgehead atoms. The monoisotopic (exact) mass is 333 g/mol. The molecule has 6 heteroatoms. The smallest absolute Gasteiger partial charge is 0.322 e. The highest BCUT2D eigenvalue weighted by molar-refractivity contribution is 6.30. The summed E-state index contributed by atoms with van der Waals surface area (Å²) in [6.07, 6.45) is 3.76. The summed E-state index contributed by atoms with van der Waals surface area (Å²) in [6, 6.07) is 8.94. The van der Waals surface area contributed by atoms with Crippen LogP contribution in [-0.4, -0.2) is 22.6 Å². The van der Waals surface area contributed by atoms with Gasteiger partial charge >= 0.3 is 6.03 Å². The third-order valence-electron chi connectivity index (χ3n) is 4.02. The number of halogens is 1. The highest BCUT2D eigenvalue weighted by atomic mass is 35.5. The molecule has 0 spiro atoms. The molecule has 2 heterocycles. The topological polar surface area (TPSA) is 58.4 Å². The third-order valence-corrected chi connectivity index (χ3v) is 4.28. The maximum Gasteiger partial charge on any atom is 0.322 e. The van der Waals surface area contributed by atoms with Gasteiger partial charge < -0.3 is 14.7 Å². The Hall–Kier alpha value is -2.01. The molecule has 2 aromatic rings. The molecule has 1 atom stereocenters. The van der Waals surface area contributed by atoms with Crippen LogP contribution >= 0.6 is 11.6 Å². The fourth-order valence-corrected chi connectivity index (χ4v) is 3.02. The minimum atomic E-state index is -0.116. The molecule has 1 aromatic carbocycles. The number of nitrogens with one attached hydrogen (secondary N) is 1. The first-order valence-electron chi connectivity index (χ1n) is 7.96. The van der Waals surface area contributed by atoms with Crippen molar-refractivity contribution in [3.05, 3.63) is 46.8 Å². The van der Waals surface area contributed by atoms with Gasteiger partial charge in [-0.25, -0.2) is 4.79 Å². The number of nitrogens with zero attached hydrogens (tertiary/aromatic N) is 2. The third kappa shape index (κ3) is 3.67. The van der Waals surface area contributed by atoms with Gasteiger partial charge in [-0.3, -0.25) is 0 Å². The average molecular weight is 334 g/mol. The Labute approximate surface area is 140 Å². The molecule has 5 nitrogen and oxygen atoms in total. The van der Waals surface area contributed by atoms with E-state index >= 15 is 0 Å². The Bertz CT molecular complexity index is 669. The van der Waals surface area contributed by atoms with Gasteiger partial charge in [0, 0.05) is 29.7 Å². The maximum atomic E-state index is 12.5. The van der Waals surface area contributed by atoms with Gasteiger partial charge in [-0.05, 0) is 43.5 Å². The van der Waals surface area contributed by atoms with Crippen LogP contribution in [0.3, 0.4) is 0 Å². The van der Waals surface area contributed by atoms with E-state index in [4.69, 9.17) is 16.1 Å². The number of carbonyl (C=O) groups excluding carboxylic acids is 1. The van der Waals surface area contributed by atoms with Crippen LogP contribution in [0.5, 0.6) is 0 Å². The fourth-order valence-electron chi connectivity index (χ4n) is 2.90. The zero-order chi connectivity index (χ0) is 16.2. The largest absolute Gasteiger partial charge is 0.361 e. The number of aromatic nitrogens is 1. The summed E-state index contributed by atoms with van der Waals surface area (Å²) in [4.78, 5) is 14.4. The van der Waals surface area contributed by atoms with Crippen LogP contribution in [0.25, 0.3) is 0 Å². The zero-order valence-electron chi connectivity index (χ0n) is 13.1. The highest BCUT2D eigenvalue weighted by Gasteiger charge is 2.32. The van der Waals surface area contributed by atoms with Gasteiger partial charge in [0.25, 0.3) is 0 Å². The number of urea groups is 1. The van der Waals surface area contributed by atoms with E-state index in [9.17, 15) is 4.79 Å². The number of hydrogen-bond donors (Lipinski definition) is 1. The first-order valence-corrected chi connectivity index (χ1v) is 8.34. The Morgan fingerprint density at radius 1 is 1.43 bits per heavy atom. The summed E-state index contributed by atoms with van der Waals surface area (Å²) in [5.74, 6) is 0.882. The van der Waals surface area contributed by atoms with Crippen molar-refractivity contribution in [1.29, 1.82) is 0 Å². The molecule has 0 aliphatic carbocycles. The van der Waals surface area contributed by atoms with Crippen molar-refractivity contribution in [2.75, 3.05) is 11.9 Å². The summed E-state index contributed by atoms with van der Waals surface area (Å²) in [7, 11) is 0. The summed E-state index contributed by atoms with van der Waals surface area (Å²) < 4.78 is 5.35. The molecule has 2 amide bonds. The van der Waals surface area contributed by atoms with E-state index in [1.807, 2.05) is 11.0 Å². The van der Waals surface area contributed by atoms with E-state index in [1.165, 1.54) is 0 Å². The van der Waals surface area contributed by atoms with E-state index in [-0.39, 0.29) is 12.1 Å². The number of likely N-dealkylation sites (tertiary alicyclic amines) is 1. The lowest BCUT2D eigenvalue weighted by atomic mass is 10.1.